The molecule has 0 fully saturated rings. The second-order valence-electron chi connectivity index (χ2n) is 9.34. The van der Waals surface area contributed by atoms with Crippen LogP contribution in [0.25, 0.3) is 27.8 Å². The maximum atomic E-state index is 13.6. The Morgan fingerprint density at radius 3 is 2.54 bits per heavy atom. The largest absolute Gasteiger partial charge is 0.497 e. The van der Waals surface area contributed by atoms with Crippen LogP contribution in [-0.4, -0.2) is 39.5 Å². The van der Waals surface area contributed by atoms with Gasteiger partial charge in [-0.05, 0) is 43.3 Å². The van der Waals surface area contributed by atoms with Crippen LogP contribution in [0.4, 0.5) is 5.69 Å². The Labute approximate surface area is 239 Å². The second kappa shape index (κ2) is 10.8. The predicted octanol–water partition coefficient (Wildman–Crippen LogP) is 5.63. The first-order valence-corrected chi connectivity index (χ1v) is 13.8. The van der Waals surface area contributed by atoms with Crippen LogP contribution in [0.5, 0.6) is 11.5 Å². The molecule has 0 radical (unpaired) electrons. The number of hydrogen-bond donors (Lipinski definition) is 1. The maximum Gasteiger partial charge on any atom is 0.297 e. The zero-order valence-electron chi connectivity index (χ0n) is 23.0. The molecule has 6 aromatic rings. The van der Waals surface area contributed by atoms with E-state index in [9.17, 15) is 4.79 Å². The average Bonchev–Trinajstić information content (AvgIpc) is 3.67. The van der Waals surface area contributed by atoms with E-state index in [1.807, 2.05) is 103 Å². The van der Waals surface area contributed by atoms with E-state index in [-0.39, 0.29) is 5.56 Å². The Bertz CT molecular complexity index is 2020. The van der Waals surface area contributed by atoms with Gasteiger partial charge in [-0.1, -0.05) is 36.4 Å². The van der Waals surface area contributed by atoms with Crippen molar-refractivity contribution in [2.75, 3.05) is 14.2 Å². The van der Waals surface area contributed by atoms with Crippen molar-refractivity contribution >= 4 is 34.1 Å². The zero-order chi connectivity index (χ0) is 28.5. The number of nitrogens with one attached hydrogen (secondary N) is 1. The Morgan fingerprint density at radius 2 is 1.76 bits per heavy atom. The molecule has 0 aliphatic rings. The third-order valence-corrected chi connectivity index (χ3v) is 7.85. The number of rotatable bonds is 7. The first-order chi connectivity index (χ1) is 20.0. The van der Waals surface area contributed by atoms with Crippen LogP contribution >= 0.6 is 11.3 Å². The van der Waals surface area contributed by atoms with Crippen molar-refractivity contribution in [1.29, 1.82) is 0 Å². The number of benzene rings is 3. The third kappa shape index (κ3) is 4.68. The minimum Gasteiger partial charge on any atom is -0.497 e. The monoisotopic (exact) mass is 564 g/mol. The van der Waals surface area contributed by atoms with Gasteiger partial charge < -0.3 is 14.5 Å². The van der Waals surface area contributed by atoms with Crippen molar-refractivity contribution in [3.8, 4) is 28.4 Å². The fourth-order valence-corrected chi connectivity index (χ4v) is 5.62. The maximum absolute atomic E-state index is 13.6. The molecule has 0 aliphatic carbocycles. The molecule has 10 heteroatoms. The predicted molar refractivity (Wildman–Crippen MR) is 163 cm³/mol. The number of aromatic nitrogens is 4. The summed E-state index contributed by atoms with van der Waals surface area (Å²) in [5.41, 5.74) is 5.12. The molecule has 3 heterocycles. The van der Waals surface area contributed by atoms with E-state index in [0.717, 1.165) is 39.1 Å². The van der Waals surface area contributed by atoms with Crippen LogP contribution in [0.15, 0.2) is 99.3 Å². The number of para-hydroxylation sites is 2. The first kappa shape index (κ1) is 26.1. The van der Waals surface area contributed by atoms with Gasteiger partial charge in [0.15, 0.2) is 5.69 Å². The topological polar surface area (TPSA) is 90.8 Å². The van der Waals surface area contributed by atoms with Gasteiger partial charge in [-0.2, -0.15) is 5.10 Å². The van der Waals surface area contributed by atoms with Crippen LogP contribution in [0.2, 0.25) is 0 Å². The minimum atomic E-state index is -0.211. The van der Waals surface area contributed by atoms with E-state index in [0.29, 0.717) is 22.0 Å². The van der Waals surface area contributed by atoms with Crippen molar-refractivity contribution < 1.29 is 9.47 Å². The van der Waals surface area contributed by atoms with E-state index >= 15 is 0 Å². The molecule has 0 spiro atoms. The summed E-state index contributed by atoms with van der Waals surface area (Å²) in [6, 6.07) is 23.2. The lowest BCUT2D eigenvalue weighted by atomic mass is 10.1. The van der Waals surface area contributed by atoms with E-state index in [2.05, 4.69) is 4.98 Å². The van der Waals surface area contributed by atoms with Crippen molar-refractivity contribution in [2.45, 2.75) is 6.92 Å². The molecule has 0 saturated heterocycles. The smallest absolute Gasteiger partial charge is 0.297 e. The number of fused-ring (bicyclic) bond motifs is 1. The number of ether oxygens (including phenoxy) is 2. The molecular weight excluding hydrogens is 536 g/mol. The summed E-state index contributed by atoms with van der Waals surface area (Å²) in [5, 5.41) is 7.89. The minimum absolute atomic E-state index is 0.211. The molecule has 1 N–H and O–H groups in total. The standard InChI is InChI=1S/C31H28N6O3S/c1-20-29(30(38)37(35(20)2)22-10-6-5-7-11-22)34-31-36(33-18-21-17-32-26-13-9-8-12-24(21)26)27(19-41-31)25-16-23(39-3)14-15-28(25)40-4/h5-19,32H,1-4H3. The Balaban J connectivity index is 1.57. The van der Waals surface area contributed by atoms with Gasteiger partial charge in [0, 0.05) is 40.7 Å². The molecule has 0 atom stereocenters. The lowest BCUT2D eigenvalue weighted by molar-refractivity contribution is 0.404. The number of H-pyrrole nitrogens is 1. The lowest BCUT2D eigenvalue weighted by Gasteiger charge is -2.11. The van der Waals surface area contributed by atoms with Crippen LogP contribution in [0.1, 0.15) is 11.3 Å². The van der Waals surface area contributed by atoms with Gasteiger partial charge in [0.05, 0.1) is 37.5 Å². The van der Waals surface area contributed by atoms with Gasteiger partial charge in [0.2, 0.25) is 4.80 Å². The highest BCUT2D eigenvalue weighted by Gasteiger charge is 2.18. The van der Waals surface area contributed by atoms with Gasteiger partial charge in [-0.3, -0.25) is 9.48 Å². The summed E-state index contributed by atoms with van der Waals surface area (Å²) in [4.78, 5) is 22.4. The third-order valence-electron chi connectivity index (χ3n) is 7.03. The fourth-order valence-electron chi connectivity index (χ4n) is 4.79. The first-order valence-electron chi connectivity index (χ1n) is 12.9. The highest BCUT2D eigenvalue weighted by Crippen LogP contribution is 2.34. The Morgan fingerprint density at radius 1 is 0.976 bits per heavy atom. The fraction of sp³-hybridized carbons (Fsp3) is 0.129. The molecule has 41 heavy (non-hydrogen) atoms. The summed E-state index contributed by atoms with van der Waals surface area (Å²) in [6.45, 7) is 1.89. The molecular formula is C31H28N6O3S. The van der Waals surface area contributed by atoms with E-state index in [1.165, 1.54) is 11.3 Å². The molecule has 0 saturated carbocycles. The summed E-state index contributed by atoms with van der Waals surface area (Å²) in [6.07, 6.45) is 3.71. The van der Waals surface area contributed by atoms with Gasteiger partial charge in [0.1, 0.15) is 11.5 Å². The molecule has 9 nitrogen and oxygen atoms in total. The normalized spacial score (nSPS) is 12.0. The van der Waals surface area contributed by atoms with E-state index in [4.69, 9.17) is 19.6 Å². The van der Waals surface area contributed by atoms with Crippen molar-refractivity contribution in [2.24, 2.45) is 17.1 Å². The molecule has 3 aromatic heterocycles. The van der Waals surface area contributed by atoms with Crippen molar-refractivity contribution in [3.05, 3.63) is 111 Å². The average molecular weight is 565 g/mol. The van der Waals surface area contributed by atoms with Gasteiger partial charge in [-0.25, -0.2) is 14.4 Å². The Hall–Kier alpha value is -5.09. The quantitative estimate of drug-likeness (QED) is 0.255. The number of methoxy groups -OCH3 is 2. The van der Waals surface area contributed by atoms with Gasteiger partial charge in [0.25, 0.3) is 5.56 Å². The highest BCUT2D eigenvalue weighted by atomic mass is 32.1. The highest BCUT2D eigenvalue weighted by molar-refractivity contribution is 7.07. The molecule has 0 unspecified atom stereocenters. The number of aromatic amines is 1. The number of thiazole rings is 1. The zero-order valence-corrected chi connectivity index (χ0v) is 23.8. The lowest BCUT2D eigenvalue weighted by Crippen LogP contribution is -2.19. The summed E-state index contributed by atoms with van der Waals surface area (Å²) < 4.78 is 16.4. The van der Waals surface area contributed by atoms with E-state index in [1.54, 1.807) is 29.8 Å². The molecule has 0 aliphatic heterocycles. The molecule has 6 rings (SSSR count). The summed E-state index contributed by atoms with van der Waals surface area (Å²) in [7, 11) is 5.11. The second-order valence-corrected chi connectivity index (χ2v) is 10.2. The molecule has 0 bridgehead atoms. The number of hydrogen-bond acceptors (Lipinski definition) is 6. The molecule has 206 valence electrons. The van der Waals surface area contributed by atoms with Crippen LogP contribution < -0.4 is 19.8 Å². The van der Waals surface area contributed by atoms with Crippen LogP contribution in [-0.2, 0) is 7.05 Å². The SMILES string of the molecule is COc1ccc(OC)c(-c2csc(=Nc3c(C)n(C)n(-c4ccccc4)c3=O)n2N=Cc2c[nH]c3ccccc23)c1. The molecule has 0 amide bonds. The Kier molecular flexibility index (Phi) is 6.90. The molecule has 3 aromatic carbocycles. The van der Waals surface area contributed by atoms with Crippen molar-refractivity contribution in [3.63, 3.8) is 0 Å². The van der Waals surface area contributed by atoms with E-state index < -0.39 is 0 Å². The van der Waals surface area contributed by atoms with Crippen LogP contribution in [0.3, 0.4) is 0 Å². The number of nitrogens with zero attached hydrogens (tertiary/aromatic N) is 5. The van der Waals surface area contributed by atoms with Gasteiger partial charge in [-0.15, -0.1) is 11.3 Å². The van der Waals surface area contributed by atoms with Gasteiger partial charge >= 0.3 is 0 Å². The summed E-state index contributed by atoms with van der Waals surface area (Å²) in [5.74, 6) is 1.34. The summed E-state index contributed by atoms with van der Waals surface area (Å²) >= 11 is 1.39. The van der Waals surface area contributed by atoms with Crippen LogP contribution in [0, 0.1) is 6.92 Å². The van der Waals surface area contributed by atoms with Crippen molar-refractivity contribution in [1.82, 2.24) is 19.0 Å².